The molecule has 0 aliphatic rings. The van der Waals surface area contributed by atoms with E-state index in [0.717, 1.165) is 36.5 Å². The standard InChI is InChI=1S/C15H11ClF3NO4.C15H16F3N5O4S.C14H17N5O7S2.C3H8NO5P/c1-2-23-14-8-10(4-5-12(14)20(21)22)24-13-6-3-9(7-11(13)16)15(17,18)19;1-9-19-12(22-14(20-9)27-2)21-13(24)23-28(25,26)11-6-4-3-5-10(11)7-8-15(16,17)18;1-4-27(21,22)9-6-5-7-15-12(9)28(23,24)19-14(20)18-13-16-10(25-2)8-11(17-13)26-3;5-3(6)1-4-2-10(7,8)9/h3-8H,2H2,1H3;3-6H,7-8H2,1-2H3,(H2,19,20,21,22,23,24);5-8H,4H2,1-3H3,(H2,16,17,18,19,20);4H,1-2H2,(H,5,6)(H2,7,8,9). The van der Waals surface area contributed by atoms with E-state index in [1.54, 1.807) is 16.4 Å². The highest BCUT2D eigenvalue weighted by Crippen LogP contribution is 2.39. The first-order valence-corrected chi connectivity index (χ1v) is 31.2. The fourth-order valence-electron chi connectivity index (χ4n) is 6.27. The summed E-state index contributed by atoms with van der Waals surface area (Å²) in [7, 11) is -13.1. The molecule has 6 aromatic rings. The number of aryl methyl sites for hydroxylation is 2. The zero-order valence-electron chi connectivity index (χ0n) is 47.1. The number of methoxy groups -OCH3 is 3. The minimum Gasteiger partial charge on any atom is -0.487 e. The lowest BCUT2D eigenvalue weighted by atomic mass is 10.1. The first-order valence-electron chi connectivity index (χ1n) is 24.4. The number of nitro benzene ring substituents is 1. The molecule has 8 N–H and O–H groups in total. The van der Waals surface area contributed by atoms with Gasteiger partial charge in [-0.25, -0.2) is 40.9 Å². The van der Waals surface area contributed by atoms with Crippen LogP contribution >= 0.6 is 19.2 Å². The van der Waals surface area contributed by atoms with Gasteiger partial charge in [-0.05, 0) is 68.3 Å². The third-order valence-electron chi connectivity index (χ3n) is 10.1. The van der Waals surface area contributed by atoms with E-state index in [9.17, 15) is 80.7 Å². The van der Waals surface area contributed by atoms with Gasteiger partial charge in [0.2, 0.25) is 29.4 Å². The van der Waals surface area contributed by atoms with Gasteiger partial charge in [0.1, 0.15) is 22.2 Å². The second-order valence-corrected chi connectivity index (χ2v) is 24.3. The molecule has 0 radical (unpaired) electrons. The number of nitrogens with one attached hydrogen (secondary N) is 5. The third kappa shape index (κ3) is 25.3. The summed E-state index contributed by atoms with van der Waals surface area (Å²) in [4.78, 5) is 82.2. The van der Waals surface area contributed by atoms with Crippen LogP contribution in [0.15, 0.2) is 99.9 Å². The van der Waals surface area contributed by atoms with Gasteiger partial charge in [-0.2, -0.15) is 59.7 Å². The first-order chi connectivity index (χ1) is 41.8. The second kappa shape index (κ2) is 33.1. The predicted molar refractivity (Wildman–Crippen MR) is 301 cm³/mol. The number of sulfonamides is 2. The van der Waals surface area contributed by atoms with Gasteiger partial charge in [-0.1, -0.05) is 36.7 Å². The van der Waals surface area contributed by atoms with Gasteiger partial charge in [0.25, 0.3) is 20.0 Å². The number of ether oxygens (including phenoxy) is 5. The molecule has 32 nitrogen and oxygen atoms in total. The number of urea groups is 2. The number of carboxylic acids is 1. The summed E-state index contributed by atoms with van der Waals surface area (Å²) in [5.74, 6) is -1.60. The molecule has 0 atom stereocenters. The van der Waals surface area contributed by atoms with Crippen LogP contribution in [0.3, 0.4) is 0 Å². The van der Waals surface area contributed by atoms with E-state index in [4.69, 9.17) is 50.2 Å². The highest BCUT2D eigenvalue weighted by atomic mass is 35.5. The molecule has 3 heterocycles. The minimum atomic E-state index is -4.61. The fraction of sp³-hybridized carbons (Fsp3) is 0.298. The van der Waals surface area contributed by atoms with Crippen molar-refractivity contribution in [2.45, 2.75) is 60.8 Å². The van der Waals surface area contributed by atoms with Crippen molar-refractivity contribution in [2.24, 2.45) is 0 Å². The van der Waals surface area contributed by atoms with E-state index in [1.807, 2.05) is 0 Å². The molecular formula is C47H52ClF6N12O20PS3. The maximum Gasteiger partial charge on any atom is 0.416 e. The Morgan fingerprint density at radius 3 is 1.86 bits per heavy atom. The van der Waals surface area contributed by atoms with Gasteiger partial charge in [0, 0.05) is 24.8 Å². The Hall–Kier alpha value is -8.86. The molecule has 492 valence electrons. The predicted octanol–water partition coefficient (Wildman–Crippen LogP) is 6.64. The zero-order valence-corrected chi connectivity index (χ0v) is 51.2. The molecule has 90 heavy (non-hydrogen) atoms. The number of amides is 4. The Morgan fingerprint density at radius 1 is 0.744 bits per heavy atom. The quantitative estimate of drug-likeness (QED) is 0.0153. The van der Waals surface area contributed by atoms with Crippen LogP contribution in [0.4, 0.5) is 53.5 Å². The van der Waals surface area contributed by atoms with Crippen molar-refractivity contribution in [1.29, 1.82) is 0 Å². The molecular weight excluding hydrogens is 1330 g/mol. The lowest BCUT2D eigenvalue weighted by Gasteiger charge is -2.13. The van der Waals surface area contributed by atoms with Crippen LogP contribution in [-0.2, 0) is 51.8 Å². The lowest BCUT2D eigenvalue weighted by Crippen LogP contribution is -2.36. The van der Waals surface area contributed by atoms with Crippen molar-refractivity contribution in [1.82, 2.24) is 44.7 Å². The molecule has 0 saturated heterocycles. The van der Waals surface area contributed by atoms with Gasteiger partial charge >= 0.3 is 49.7 Å². The second-order valence-electron chi connectivity index (χ2n) is 16.7. The number of carboxylic acid groups (broad SMARTS) is 1. The highest BCUT2D eigenvalue weighted by molar-refractivity contribution is 7.93. The van der Waals surface area contributed by atoms with Gasteiger partial charge in [0.05, 0.1) is 73.0 Å². The van der Waals surface area contributed by atoms with Crippen molar-refractivity contribution < 1.29 is 114 Å². The number of aliphatic carboxylic acids is 1. The number of carbonyl (C=O) groups excluding carboxylic acids is 2. The van der Waals surface area contributed by atoms with Gasteiger partial charge in [-0.3, -0.25) is 35.4 Å². The Balaban J connectivity index is 0.000000328. The number of nitro groups is 1. The average Bonchev–Trinajstić information content (AvgIpc) is 0.881. The maximum absolute atomic E-state index is 12.6. The van der Waals surface area contributed by atoms with Crippen molar-refractivity contribution in [3.63, 3.8) is 0 Å². The van der Waals surface area contributed by atoms with E-state index in [2.05, 4.69) is 45.9 Å². The Kier molecular flexibility index (Phi) is 27.7. The largest absolute Gasteiger partial charge is 0.487 e. The van der Waals surface area contributed by atoms with Crippen molar-refractivity contribution >= 4 is 84.7 Å². The number of rotatable bonds is 22. The van der Waals surface area contributed by atoms with E-state index in [0.29, 0.717) is 0 Å². The summed E-state index contributed by atoms with van der Waals surface area (Å²) >= 11 is 5.80. The lowest BCUT2D eigenvalue weighted by molar-refractivity contribution is -0.385. The van der Waals surface area contributed by atoms with Crippen LogP contribution in [-0.4, -0.2) is 146 Å². The number of benzene rings is 3. The van der Waals surface area contributed by atoms with E-state index in [1.165, 1.54) is 83.7 Å². The molecule has 6 rings (SSSR count). The molecule has 0 spiro atoms. The minimum absolute atomic E-state index is 0.0111. The van der Waals surface area contributed by atoms with E-state index < -0.39 is 119 Å². The number of pyridine rings is 1. The zero-order chi connectivity index (χ0) is 68.0. The van der Waals surface area contributed by atoms with E-state index in [-0.39, 0.29) is 81.4 Å². The van der Waals surface area contributed by atoms with Crippen molar-refractivity contribution in [2.75, 3.05) is 57.2 Å². The monoisotopic (exact) mass is 1380 g/mol. The molecule has 4 amide bonds. The summed E-state index contributed by atoms with van der Waals surface area (Å²) in [5.41, 5.74) is -1.22. The van der Waals surface area contributed by atoms with Crippen molar-refractivity contribution in [3.8, 4) is 35.0 Å². The number of nitrogens with zero attached hydrogens (tertiary/aromatic N) is 7. The summed E-state index contributed by atoms with van der Waals surface area (Å²) in [5, 5.41) is 24.1. The number of hydrogen-bond acceptors (Lipinski definition) is 24. The number of aromatic nitrogens is 6. The number of anilines is 2. The topological polar surface area (TPSA) is 458 Å². The Labute approximate surface area is 511 Å². The van der Waals surface area contributed by atoms with Crippen LogP contribution in [0.1, 0.15) is 37.2 Å². The number of carbonyl (C=O) groups is 3. The molecule has 0 aliphatic heterocycles. The van der Waals surface area contributed by atoms with Crippen LogP contribution in [0, 0.1) is 17.0 Å². The number of alkyl halides is 6. The smallest absolute Gasteiger partial charge is 0.416 e. The molecule has 3 aromatic carbocycles. The summed E-state index contributed by atoms with van der Waals surface area (Å²) in [6, 6.07) is 12.7. The highest BCUT2D eigenvalue weighted by Gasteiger charge is 2.33. The van der Waals surface area contributed by atoms with Gasteiger partial charge < -0.3 is 38.6 Å². The number of halogens is 7. The average molecular weight is 1380 g/mol. The summed E-state index contributed by atoms with van der Waals surface area (Å²) < 4.78 is 188. The Morgan fingerprint density at radius 2 is 1.33 bits per heavy atom. The summed E-state index contributed by atoms with van der Waals surface area (Å²) in [6.45, 7) is 4.27. The van der Waals surface area contributed by atoms with E-state index >= 15 is 0 Å². The number of sulfone groups is 1. The van der Waals surface area contributed by atoms with Gasteiger partial charge in [0.15, 0.2) is 14.9 Å². The molecule has 0 saturated carbocycles. The maximum atomic E-state index is 12.6. The molecule has 3 aromatic heterocycles. The normalized spacial score (nSPS) is 11.5. The molecule has 43 heteroatoms. The van der Waals surface area contributed by atoms with Gasteiger partial charge in [-0.15, -0.1) is 0 Å². The Bertz CT molecular complexity index is 3900. The van der Waals surface area contributed by atoms with Crippen LogP contribution < -0.4 is 49.1 Å². The van der Waals surface area contributed by atoms with Crippen LogP contribution in [0.5, 0.6) is 35.0 Å². The van der Waals surface area contributed by atoms with Crippen molar-refractivity contribution in [3.05, 3.63) is 117 Å². The molecule has 0 fully saturated rings. The van der Waals surface area contributed by atoms with Crippen LogP contribution in [0.25, 0.3) is 0 Å². The van der Waals surface area contributed by atoms with Crippen LogP contribution in [0.2, 0.25) is 5.02 Å². The molecule has 0 aliphatic carbocycles. The third-order valence-corrected chi connectivity index (χ3v) is 15.6. The SMILES string of the molecule is CCOc1cc(Oc2ccc(C(F)(F)F)cc2Cl)ccc1[N+](=O)[O-].CCS(=O)(=O)c1cccnc1S(=O)(=O)NC(=O)Nc1nc(OC)cc(OC)n1.COc1nc(C)nc(NC(=O)NS(=O)(=O)c2ccccc2CCC(F)(F)F)n1.O=C(O)CNCP(=O)(O)O. The first kappa shape index (κ1) is 75.4. The number of hydrogen-bond donors (Lipinski definition) is 8. The fourth-order valence-corrected chi connectivity index (χ4v) is 10.6. The molecule has 0 bridgehead atoms. The molecule has 0 unspecified atom stereocenters. The summed E-state index contributed by atoms with van der Waals surface area (Å²) in [6.07, 6.45) is -10.2.